The minimum atomic E-state index is 0.103. The molecule has 0 spiro atoms. The molecule has 0 saturated heterocycles. The van der Waals surface area contributed by atoms with Gasteiger partial charge in [-0.15, -0.1) is 6.58 Å². The van der Waals surface area contributed by atoms with Gasteiger partial charge in [0.2, 0.25) is 0 Å². The fourth-order valence-electron chi connectivity index (χ4n) is 1.85. The van der Waals surface area contributed by atoms with Gasteiger partial charge in [-0.2, -0.15) is 0 Å². The molecule has 0 aliphatic heterocycles. The van der Waals surface area contributed by atoms with E-state index in [2.05, 4.69) is 6.58 Å². The van der Waals surface area contributed by atoms with Crippen molar-refractivity contribution >= 4 is 5.78 Å². The molecule has 2 unspecified atom stereocenters. The second-order valence-electron chi connectivity index (χ2n) is 3.51. The summed E-state index contributed by atoms with van der Waals surface area (Å²) in [6, 6.07) is 0.103. The van der Waals surface area contributed by atoms with Gasteiger partial charge in [-0.1, -0.05) is 18.9 Å². The third-order valence-electron chi connectivity index (χ3n) is 2.58. The van der Waals surface area contributed by atoms with Crippen molar-refractivity contribution in [1.82, 2.24) is 0 Å². The highest BCUT2D eigenvalue weighted by Gasteiger charge is 2.26. The van der Waals surface area contributed by atoms with E-state index in [9.17, 15) is 4.79 Å². The number of carbonyl (C=O) groups excluding carboxylic acids is 1. The summed E-state index contributed by atoms with van der Waals surface area (Å²) in [6.45, 7) is 3.56. The van der Waals surface area contributed by atoms with Crippen LogP contribution in [-0.2, 0) is 4.79 Å². The molecule has 1 rings (SSSR count). The number of allylic oxidation sites excluding steroid dienone is 1. The molecule has 1 saturated carbocycles. The summed E-state index contributed by atoms with van der Waals surface area (Å²) in [7, 11) is 0. The van der Waals surface area contributed by atoms with Gasteiger partial charge >= 0.3 is 0 Å². The molecular formula is C10H17NO. The van der Waals surface area contributed by atoms with Crippen molar-refractivity contribution in [2.24, 2.45) is 11.7 Å². The van der Waals surface area contributed by atoms with Crippen LogP contribution < -0.4 is 5.73 Å². The summed E-state index contributed by atoms with van der Waals surface area (Å²) in [4.78, 5) is 11.5. The predicted octanol–water partition coefficient (Wildman–Crippen LogP) is 1.65. The van der Waals surface area contributed by atoms with E-state index in [1.54, 1.807) is 6.08 Å². The van der Waals surface area contributed by atoms with Crippen LogP contribution in [-0.4, -0.2) is 11.8 Å². The number of hydrogen-bond acceptors (Lipinski definition) is 2. The molecule has 0 aromatic carbocycles. The Morgan fingerprint density at radius 1 is 1.50 bits per heavy atom. The van der Waals surface area contributed by atoms with E-state index in [0.29, 0.717) is 6.42 Å². The molecule has 2 heteroatoms. The molecule has 0 heterocycles. The van der Waals surface area contributed by atoms with Crippen LogP contribution in [0.1, 0.15) is 32.1 Å². The van der Waals surface area contributed by atoms with E-state index < -0.39 is 0 Å². The molecule has 12 heavy (non-hydrogen) atoms. The van der Waals surface area contributed by atoms with E-state index in [-0.39, 0.29) is 17.7 Å². The Balaban J connectivity index is 2.47. The lowest BCUT2D eigenvalue weighted by Gasteiger charge is -2.26. The first kappa shape index (κ1) is 9.46. The van der Waals surface area contributed by atoms with Gasteiger partial charge in [-0.3, -0.25) is 4.79 Å². The third kappa shape index (κ3) is 2.18. The Labute approximate surface area is 73.8 Å². The fraction of sp³-hybridized carbons (Fsp3) is 0.700. The summed E-state index contributed by atoms with van der Waals surface area (Å²) in [6.07, 6.45) is 6.48. The first-order chi connectivity index (χ1) is 5.75. The standard InChI is InChI=1S/C10H17NO/c1-2-5-10(12)8-6-3-4-7-9(8)11/h2,8-9H,1,3-7,11H2. The third-order valence-corrected chi connectivity index (χ3v) is 2.58. The maximum atomic E-state index is 11.5. The summed E-state index contributed by atoms with van der Waals surface area (Å²) in [5, 5.41) is 0. The average molecular weight is 167 g/mol. The normalized spacial score (nSPS) is 29.8. The molecule has 1 aliphatic rings. The monoisotopic (exact) mass is 167 g/mol. The summed E-state index contributed by atoms with van der Waals surface area (Å²) >= 11 is 0. The van der Waals surface area contributed by atoms with Crippen LogP contribution in [0.15, 0.2) is 12.7 Å². The number of carbonyl (C=O) groups is 1. The molecule has 68 valence electrons. The van der Waals surface area contributed by atoms with Crippen molar-refractivity contribution < 1.29 is 4.79 Å². The van der Waals surface area contributed by atoms with Gasteiger partial charge in [0, 0.05) is 18.4 Å². The zero-order valence-corrected chi connectivity index (χ0v) is 7.46. The van der Waals surface area contributed by atoms with Crippen LogP contribution in [0.25, 0.3) is 0 Å². The topological polar surface area (TPSA) is 43.1 Å². The van der Waals surface area contributed by atoms with Gasteiger partial charge < -0.3 is 5.73 Å². The van der Waals surface area contributed by atoms with Crippen molar-refractivity contribution in [2.45, 2.75) is 38.1 Å². The minimum Gasteiger partial charge on any atom is -0.327 e. The van der Waals surface area contributed by atoms with Crippen molar-refractivity contribution in [3.63, 3.8) is 0 Å². The lowest BCUT2D eigenvalue weighted by molar-refractivity contribution is -0.123. The van der Waals surface area contributed by atoms with E-state index >= 15 is 0 Å². The average Bonchev–Trinajstić information content (AvgIpc) is 2.05. The van der Waals surface area contributed by atoms with E-state index in [1.165, 1.54) is 6.42 Å². The molecule has 2 N–H and O–H groups in total. The number of hydrogen-bond donors (Lipinski definition) is 1. The molecule has 0 radical (unpaired) electrons. The number of Topliss-reactive ketones (excluding diaryl/α,β-unsaturated/α-hetero) is 1. The van der Waals surface area contributed by atoms with Gasteiger partial charge in [0.1, 0.15) is 5.78 Å². The van der Waals surface area contributed by atoms with Crippen LogP contribution in [0.5, 0.6) is 0 Å². The van der Waals surface area contributed by atoms with Gasteiger partial charge in [0.05, 0.1) is 0 Å². The predicted molar refractivity (Wildman–Crippen MR) is 49.8 cm³/mol. The Bertz CT molecular complexity index is 177. The Hall–Kier alpha value is -0.630. The maximum Gasteiger partial charge on any atom is 0.141 e. The molecule has 1 aliphatic carbocycles. The molecule has 0 amide bonds. The van der Waals surface area contributed by atoms with E-state index in [0.717, 1.165) is 19.3 Å². The quantitative estimate of drug-likeness (QED) is 0.649. The number of ketones is 1. The maximum absolute atomic E-state index is 11.5. The Kier molecular flexibility index (Phi) is 3.48. The SMILES string of the molecule is C=CCC(=O)C1CCCCC1N. The summed E-state index contributed by atoms with van der Waals surface area (Å²) < 4.78 is 0. The van der Waals surface area contributed by atoms with Crippen molar-refractivity contribution in [3.05, 3.63) is 12.7 Å². The smallest absolute Gasteiger partial charge is 0.141 e. The zero-order chi connectivity index (χ0) is 8.97. The summed E-state index contributed by atoms with van der Waals surface area (Å²) in [5.74, 6) is 0.383. The minimum absolute atomic E-state index is 0.103. The Morgan fingerprint density at radius 2 is 2.17 bits per heavy atom. The molecular weight excluding hydrogens is 150 g/mol. The number of rotatable bonds is 3. The highest BCUT2D eigenvalue weighted by molar-refractivity contribution is 5.83. The molecule has 2 atom stereocenters. The molecule has 0 aromatic heterocycles. The second kappa shape index (κ2) is 4.41. The van der Waals surface area contributed by atoms with Gasteiger partial charge in [-0.05, 0) is 12.8 Å². The molecule has 0 aromatic rings. The summed E-state index contributed by atoms with van der Waals surface area (Å²) in [5.41, 5.74) is 5.86. The molecule has 0 bridgehead atoms. The van der Waals surface area contributed by atoms with E-state index in [4.69, 9.17) is 5.73 Å². The highest BCUT2D eigenvalue weighted by atomic mass is 16.1. The van der Waals surface area contributed by atoms with Crippen LogP contribution in [0.4, 0.5) is 0 Å². The molecule has 1 fully saturated rings. The first-order valence-corrected chi connectivity index (χ1v) is 4.65. The largest absolute Gasteiger partial charge is 0.327 e. The van der Waals surface area contributed by atoms with E-state index in [1.807, 2.05) is 0 Å². The van der Waals surface area contributed by atoms with Crippen molar-refractivity contribution in [1.29, 1.82) is 0 Å². The molecule has 2 nitrogen and oxygen atoms in total. The van der Waals surface area contributed by atoms with Crippen LogP contribution >= 0.6 is 0 Å². The van der Waals surface area contributed by atoms with Crippen molar-refractivity contribution in [2.75, 3.05) is 0 Å². The zero-order valence-electron chi connectivity index (χ0n) is 7.46. The van der Waals surface area contributed by atoms with Crippen LogP contribution in [0.2, 0.25) is 0 Å². The lowest BCUT2D eigenvalue weighted by atomic mass is 9.81. The highest BCUT2D eigenvalue weighted by Crippen LogP contribution is 2.24. The fourth-order valence-corrected chi connectivity index (χ4v) is 1.85. The lowest BCUT2D eigenvalue weighted by Crippen LogP contribution is -2.37. The van der Waals surface area contributed by atoms with Gasteiger partial charge in [0.25, 0.3) is 0 Å². The second-order valence-corrected chi connectivity index (χ2v) is 3.51. The Morgan fingerprint density at radius 3 is 2.75 bits per heavy atom. The van der Waals surface area contributed by atoms with Gasteiger partial charge in [-0.25, -0.2) is 0 Å². The van der Waals surface area contributed by atoms with Crippen molar-refractivity contribution in [3.8, 4) is 0 Å². The van der Waals surface area contributed by atoms with Crippen LogP contribution in [0.3, 0.4) is 0 Å². The number of nitrogens with two attached hydrogens (primary N) is 1. The van der Waals surface area contributed by atoms with Crippen LogP contribution in [0, 0.1) is 5.92 Å². The van der Waals surface area contributed by atoms with Gasteiger partial charge in [0.15, 0.2) is 0 Å². The first-order valence-electron chi connectivity index (χ1n) is 4.65.